The van der Waals surface area contributed by atoms with Gasteiger partial charge in [0.25, 0.3) is 11.2 Å². The van der Waals surface area contributed by atoms with E-state index in [-0.39, 0.29) is 22.2 Å². The fraction of sp³-hybridized carbons (Fsp3) is 0.0625. The summed E-state index contributed by atoms with van der Waals surface area (Å²) in [4.78, 5) is 40.6. The van der Waals surface area contributed by atoms with Crippen molar-refractivity contribution in [3.63, 3.8) is 0 Å². The first-order chi connectivity index (χ1) is 12.2. The number of benzene rings is 2. The number of carbonyl (C=O) groups is 1. The number of non-ortho nitro benzene ring substituents is 1. The number of nitro benzene ring substituents is 1. The van der Waals surface area contributed by atoms with Gasteiger partial charge in [0.15, 0.2) is 5.82 Å². The number of alkyl halides is 3. The van der Waals surface area contributed by atoms with Crippen LogP contribution in [0.15, 0.2) is 47.3 Å². The molecule has 0 spiro atoms. The van der Waals surface area contributed by atoms with Crippen molar-refractivity contribution in [2.45, 2.75) is 6.18 Å². The number of aromatic nitrogens is 2. The van der Waals surface area contributed by atoms with E-state index in [1.165, 1.54) is 6.07 Å². The van der Waals surface area contributed by atoms with Crippen LogP contribution in [0.25, 0.3) is 10.9 Å². The lowest BCUT2D eigenvalue weighted by atomic mass is 10.1. The monoisotopic (exact) mass is 363 g/mol. The lowest BCUT2D eigenvalue weighted by Crippen LogP contribution is -2.17. The van der Waals surface area contributed by atoms with Crippen LogP contribution >= 0.6 is 0 Å². The maximum absolute atomic E-state index is 12.8. The molecule has 0 atom stereocenters. The molecule has 0 saturated heterocycles. The number of nitrogens with one attached hydrogen (secondary N) is 1. The van der Waals surface area contributed by atoms with E-state index in [1.807, 2.05) is 0 Å². The van der Waals surface area contributed by atoms with Gasteiger partial charge >= 0.3 is 6.18 Å². The minimum atomic E-state index is -4.63. The number of hydrogen-bond donors (Lipinski definition) is 1. The van der Waals surface area contributed by atoms with Gasteiger partial charge in [0.05, 0.1) is 21.4 Å². The minimum absolute atomic E-state index is 0.00896. The summed E-state index contributed by atoms with van der Waals surface area (Å²) in [5.41, 5.74) is -2.45. The van der Waals surface area contributed by atoms with E-state index >= 15 is 0 Å². The first kappa shape index (κ1) is 17.3. The van der Waals surface area contributed by atoms with Crippen LogP contribution in [0, 0.1) is 10.1 Å². The number of halogens is 3. The zero-order valence-electron chi connectivity index (χ0n) is 12.7. The molecule has 132 valence electrons. The van der Waals surface area contributed by atoms with Gasteiger partial charge in [-0.05, 0) is 18.2 Å². The van der Waals surface area contributed by atoms with Gasteiger partial charge in [-0.2, -0.15) is 13.2 Å². The maximum Gasteiger partial charge on any atom is 0.416 e. The highest BCUT2D eigenvalue weighted by Gasteiger charge is 2.31. The van der Waals surface area contributed by atoms with Crippen molar-refractivity contribution < 1.29 is 22.9 Å². The summed E-state index contributed by atoms with van der Waals surface area (Å²) in [6.45, 7) is 0. The maximum atomic E-state index is 12.8. The molecule has 0 radical (unpaired) electrons. The third-order valence-corrected chi connectivity index (χ3v) is 3.57. The first-order valence-electron chi connectivity index (χ1n) is 7.07. The average molecular weight is 363 g/mol. The number of H-pyrrole nitrogens is 1. The Kier molecular flexibility index (Phi) is 4.03. The van der Waals surface area contributed by atoms with Crippen molar-refractivity contribution >= 4 is 22.4 Å². The van der Waals surface area contributed by atoms with E-state index in [0.717, 1.165) is 30.3 Å². The topological polar surface area (TPSA) is 106 Å². The fourth-order valence-corrected chi connectivity index (χ4v) is 2.32. The minimum Gasteiger partial charge on any atom is -0.303 e. The van der Waals surface area contributed by atoms with Crippen LogP contribution in [0.2, 0.25) is 0 Å². The third kappa shape index (κ3) is 3.16. The molecule has 3 rings (SSSR count). The van der Waals surface area contributed by atoms with Gasteiger partial charge in [-0.1, -0.05) is 12.1 Å². The molecule has 0 fully saturated rings. The van der Waals surface area contributed by atoms with Crippen molar-refractivity contribution in [2.24, 2.45) is 0 Å². The zero-order valence-corrected chi connectivity index (χ0v) is 12.7. The molecule has 10 heteroatoms. The van der Waals surface area contributed by atoms with Gasteiger partial charge in [-0.25, -0.2) is 4.98 Å². The Hall–Kier alpha value is -3.56. The smallest absolute Gasteiger partial charge is 0.303 e. The normalized spacial score (nSPS) is 11.5. The molecule has 0 unspecified atom stereocenters. The quantitative estimate of drug-likeness (QED) is 0.437. The SMILES string of the molecule is O=C(c1cccc(C(F)(F)F)c1)c1nc2ccc([N+](=O)[O-])cc2c(=O)[nH]1. The third-order valence-electron chi connectivity index (χ3n) is 3.57. The number of hydrogen-bond acceptors (Lipinski definition) is 5. The number of carbonyl (C=O) groups excluding carboxylic acids is 1. The van der Waals surface area contributed by atoms with Crippen LogP contribution in [-0.4, -0.2) is 20.7 Å². The second kappa shape index (κ2) is 6.06. The molecule has 0 bridgehead atoms. The fourth-order valence-electron chi connectivity index (χ4n) is 2.32. The van der Waals surface area contributed by atoms with E-state index < -0.39 is 33.8 Å². The molecule has 3 aromatic rings. The Bertz CT molecular complexity index is 1110. The summed E-state index contributed by atoms with van der Waals surface area (Å²) in [6.07, 6.45) is -4.63. The molecule has 2 aromatic carbocycles. The van der Waals surface area contributed by atoms with Crippen LogP contribution in [0.3, 0.4) is 0 Å². The number of aromatic amines is 1. The van der Waals surface area contributed by atoms with Crippen molar-refractivity contribution in [3.05, 3.63) is 79.9 Å². The Labute approximate surface area is 142 Å². The van der Waals surface area contributed by atoms with Gasteiger partial charge in [0, 0.05) is 17.7 Å². The molecule has 0 amide bonds. The molecule has 7 nitrogen and oxygen atoms in total. The van der Waals surface area contributed by atoms with Gasteiger partial charge in [-0.3, -0.25) is 19.7 Å². The Morgan fingerprint density at radius 3 is 2.54 bits per heavy atom. The number of nitro groups is 1. The summed E-state index contributed by atoms with van der Waals surface area (Å²) in [5.74, 6) is -1.37. The van der Waals surface area contributed by atoms with Crippen LogP contribution in [-0.2, 0) is 6.18 Å². The Morgan fingerprint density at radius 2 is 1.88 bits per heavy atom. The van der Waals surface area contributed by atoms with E-state index in [1.54, 1.807) is 0 Å². The van der Waals surface area contributed by atoms with Gasteiger partial charge < -0.3 is 4.98 Å². The molecule has 0 aliphatic rings. The summed E-state index contributed by atoms with van der Waals surface area (Å²) in [5, 5.41) is 10.6. The van der Waals surface area contributed by atoms with Gasteiger partial charge in [0.1, 0.15) is 0 Å². The highest BCUT2D eigenvalue weighted by Crippen LogP contribution is 2.29. The summed E-state index contributed by atoms with van der Waals surface area (Å²) in [6, 6.07) is 6.99. The number of fused-ring (bicyclic) bond motifs is 1. The number of nitrogens with zero attached hydrogens (tertiary/aromatic N) is 2. The van der Waals surface area contributed by atoms with Crippen molar-refractivity contribution in [1.82, 2.24) is 9.97 Å². The predicted molar refractivity (Wildman–Crippen MR) is 83.9 cm³/mol. The molecule has 1 aromatic heterocycles. The largest absolute Gasteiger partial charge is 0.416 e. The number of rotatable bonds is 3. The first-order valence-corrected chi connectivity index (χ1v) is 7.07. The molecular weight excluding hydrogens is 355 g/mol. The highest BCUT2D eigenvalue weighted by molar-refractivity contribution is 6.07. The lowest BCUT2D eigenvalue weighted by molar-refractivity contribution is -0.384. The summed E-state index contributed by atoms with van der Waals surface area (Å²) < 4.78 is 38.3. The predicted octanol–water partition coefficient (Wildman–Crippen LogP) is 3.08. The van der Waals surface area contributed by atoms with Crippen LogP contribution in [0.4, 0.5) is 18.9 Å². The molecular formula is C16H8F3N3O4. The van der Waals surface area contributed by atoms with Crippen LogP contribution in [0.1, 0.15) is 21.7 Å². The van der Waals surface area contributed by atoms with Crippen molar-refractivity contribution in [1.29, 1.82) is 0 Å². The molecule has 0 saturated carbocycles. The second-order valence-electron chi connectivity index (χ2n) is 5.28. The lowest BCUT2D eigenvalue weighted by Gasteiger charge is -2.08. The van der Waals surface area contributed by atoms with Crippen LogP contribution in [0.5, 0.6) is 0 Å². The average Bonchev–Trinajstić information content (AvgIpc) is 2.60. The van der Waals surface area contributed by atoms with Gasteiger partial charge in [0.2, 0.25) is 5.78 Å². The van der Waals surface area contributed by atoms with E-state index in [2.05, 4.69) is 9.97 Å². The second-order valence-corrected chi connectivity index (χ2v) is 5.28. The Balaban J connectivity index is 2.08. The van der Waals surface area contributed by atoms with E-state index in [0.29, 0.717) is 6.07 Å². The zero-order chi connectivity index (χ0) is 19.1. The molecule has 0 aliphatic carbocycles. The standard InChI is InChI=1S/C16H8F3N3O4/c17-16(18,19)9-3-1-2-8(6-9)13(23)14-20-12-5-4-10(22(25)26)7-11(12)15(24)21-14/h1-7H,(H,20,21,24). The molecule has 1 N–H and O–H groups in total. The summed E-state index contributed by atoms with van der Waals surface area (Å²) in [7, 11) is 0. The Morgan fingerprint density at radius 1 is 1.15 bits per heavy atom. The summed E-state index contributed by atoms with van der Waals surface area (Å²) >= 11 is 0. The highest BCUT2D eigenvalue weighted by atomic mass is 19.4. The van der Waals surface area contributed by atoms with Gasteiger partial charge in [-0.15, -0.1) is 0 Å². The van der Waals surface area contributed by atoms with Crippen molar-refractivity contribution in [3.8, 4) is 0 Å². The van der Waals surface area contributed by atoms with Crippen LogP contribution < -0.4 is 5.56 Å². The molecule has 1 heterocycles. The van der Waals surface area contributed by atoms with E-state index in [4.69, 9.17) is 0 Å². The van der Waals surface area contributed by atoms with Crippen molar-refractivity contribution in [2.75, 3.05) is 0 Å². The molecule has 0 aliphatic heterocycles. The van der Waals surface area contributed by atoms with E-state index in [9.17, 15) is 32.9 Å². The number of ketones is 1. The molecule has 26 heavy (non-hydrogen) atoms.